The number of nitrogens with one attached hydrogen (secondary N) is 1. The van der Waals surface area contributed by atoms with Gasteiger partial charge in [-0.1, -0.05) is 18.2 Å². The molecule has 0 aliphatic rings. The van der Waals surface area contributed by atoms with Gasteiger partial charge in [0.15, 0.2) is 9.84 Å². The van der Waals surface area contributed by atoms with Crippen LogP contribution in [0.5, 0.6) is 0 Å². The van der Waals surface area contributed by atoms with E-state index in [0.717, 1.165) is 16.7 Å². The molecule has 0 amide bonds. The molecule has 0 fully saturated rings. The highest BCUT2D eigenvalue weighted by Crippen LogP contribution is 2.20. The Hall–Kier alpha value is -2.93. The normalized spacial score (nSPS) is 11.8. The summed E-state index contributed by atoms with van der Waals surface area (Å²) in [7, 11) is -3.42. The highest BCUT2D eigenvalue weighted by molar-refractivity contribution is 7.90. The smallest absolute Gasteiger partial charge is 0.185 e. The molecule has 0 aliphatic carbocycles. The fourth-order valence-corrected chi connectivity index (χ4v) is 3.82. The van der Waals surface area contributed by atoms with Gasteiger partial charge in [0.05, 0.1) is 22.3 Å². The minimum absolute atomic E-state index is 0.161. The van der Waals surface area contributed by atoms with E-state index < -0.39 is 9.84 Å². The van der Waals surface area contributed by atoms with E-state index in [1.165, 1.54) is 0 Å². The number of fused-ring (bicyclic) bond motifs is 1. The van der Waals surface area contributed by atoms with Crippen molar-refractivity contribution in [3.63, 3.8) is 0 Å². The van der Waals surface area contributed by atoms with Crippen LogP contribution in [0.15, 0.2) is 72.1 Å². The van der Waals surface area contributed by atoms with Crippen molar-refractivity contribution in [2.45, 2.75) is 10.6 Å². The molecule has 6 nitrogen and oxygen atoms in total. The molecule has 2 aromatic carbocycles. The minimum atomic E-state index is -3.42. The van der Waals surface area contributed by atoms with Gasteiger partial charge in [0.1, 0.15) is 11.6 Å². The summed E-state index contributed by atoms with van der Waals surface area (Å²) in [5.41, 5.74) is 2.46. The first-order valence-corrected chi connectivity index (χ1v) is 9.02. The summed E-state index contributed by atoms with van der Waals surface area (Å²) >= 11 is 0. The average Bonchev–Trinajstić information content (AvgIpc) is 3.23. The predicted molar refractivity (Wildman–Crippen MR) is 90.5 cm³/mol. The Kier molecular flexibility index (Phi) is 3.42. The number of hydrogen-bond acceptors (Lipinski definition) is 4. The first-order valence-electron chi connectivity index (χ1n) is 7.37. The second-order valence-electron chi connectivity index (χ2n) is 5.43. The van der Waals surface area contributed by atoms with E-state index in [4.69, 9.17) is 0 Å². The Labute approximate surface area is 138 Å². The fourth-order valence-electron chi connectivity index (χ4n) is 2.58. The molecule has 7 heteroatoms. The lowest BCUT2D eigenvalue weighted by molar-refractivity contribution is 0.594. The number of H-pyrrole nitrogens is 1. The lowest BCUT2D eigenvalue weighted by atomic mass is 10.3. The van der Waals surface area contributed by atoms with Gasteiger partial charge in [0.2, 0.25) is 0 Å². The molecule has 4 aromatic rings. The highest BCUT2D eigenvalue weighted by atomic mass is 32.2. The zero-order valence-electron chi connectivity index (χ0n) is 12.6. The van der Waals surface area contributed by atoms with Gasteiger partial charge >= 0.3 is 0 Å². The van der Waals surface area contributed by atoms with Gasteiger partial charge in [-0.3, -0.25) is 0 Å². The molecular weight excluding hydrogens is 324 g/mol. The zero-order valence-corrected chi connectivity index (χ0v) is 13.4. The molecular formula is C17H14N4O2S. The molecule has 1 N–H and O–H groups in total. The van der Waals surface area contributed by atoms with E-state index >= 15 is 0 Å². The van der Waals surface area contributed by atoms with Crippen LogP contribution >= 0.6 is 0 Å². The van der Waals surface area contributed by atoms with Gasteiger partial charge in [0, 0.05) is 18.1 Å². The molecule has 0 aliphatic heterocycles. The summed E-state index contributed by atoms with van der Waals surface area (Å²) in [4.78, 5) is 11.8. The number of benzene rings is 2. The topological polar surface area (TPSA) is 80.6 Å². The van der Waals surface area contributed by atoms with Crippen LogP contribution in [0.4, 0.5) is 0 Å². The quantitative estimate of drug-likeness (QED) is 0.620. The van der Waals surface area contributed by atoms with Crippen LogP contribution < -0.4 is 0 Å². The van der Waals surface area contributed by atoms with Crippen molar-refractivity contribution >= 4 is 20.9 Å². The van der Waals surface area contributed by atoms with Crippen molar-refractivity contribution in [3.05, 3.63) is 73.1 Å². The maximum absolute atomic E-state index is 12.5. The summed E-state index contributed by atoms with van der Waals surface area (Å²) in [5.74, 6) is 0.267. The van der Waals surface area contributed by atoms with Crippen molar-refractivity contribution in [3.8, 4) is 5.69 Å². The van der Waals surface area contributed by atoms with Crippen LogP contribution in [0, 0.1) is 0 Å². The van der Waals surface area contributed by atoms with Gasteiger partial charge in [-0.15, -0.1) is 0 Å². The number of rotatable bonds is 4. The SMILES string of the molecule is O=S(=O)(Cc1nc2ccc(-n3ccnc3)cc2[nH]1)c1ccccc1. The van der Waals surface area contributed by atoms with Crippen molar-refractivity contribution in [2.75, 3.05) is 0 Å². The Bertz CT molecular complexity index is 1080. The maximum Gasteiger partial charge on any atom is 0.185 e. The van der Waals surface area contributed by atoms with E-state index in [-0.39, 0.29) is 5.75 Å². The van der Waals surface area contributed by atoms with E-state index in [2.05, 4.69) is 15.0 Å². The molecule has 0 bridgehead atoms. The third kappa shape index (κ3) is 2.69. The van der Waals surface area contributed by atoms with Gasteiger partial charge < -0.3 is 9.55 Å². The van der Waals surface area contributed by atoms with Crippen LogP contribution in [0.1, 0.15) is 5.82 Å². The lowest BCUT2D eigenvalue weighted by Gasteiger charge is -2.01. The minimum Gasteiger partial charge on any atom is -0.341 e. The molecule has 4 rings (SSSR count). The molecule has 0 atom stereocenters. The summed E-state index contributed by atoms with van der Waals surface area (Å²) in [6, 6.07) is 14.1. The Morgan fingerprint density at radius 1 is 1.08 bits per heavy atom. The van der Waals surface area contributed by atoms with Gasteiger partial charge in [-0.25, -0.2) is 18.4 Å². The van der Waals surface area contributed by atoms with E-state index in [9.17, 15) is 8.42 Å². The van der Waals surface area contributed by atoms with Crippen LogP contribution in [0.25, 0.3) is 16.7 Å². The predicted octanol–water partition coefficient (Wildman–Crippen LogP) is 2.72. The summed E-state index contributed by atoms with van der Waals surface area (Å²) < 4.78 is 26.8. The molecule has 120 valence electrons. The van der Waals surface area contributed by atoms with Crippen molar-refractivity contribution in [1.82, 2.24) is 19.5 Å². The Morgan fingerprint density at radius 2 is 1.92 bits per heavy atom. The molecule has 0 spiro atoms. The van der Waals surface area contributed by atoms with Crippen LogP contribution in [-0.2, 0) is 15.6 Å². The highest BCUT2D eigenvalue weighted by Gasteiger charge is 2.17. The molecule has 2 heterocycles. The average molecular weight is 338 g/mol. The largest absolute Gasteiger partial charge is 0.341 e. The third-order valence-electron chi connectivity index (χ3n) is 3.75. The van der Waals surface area contributed by atoms with Gasteiger partial charge in [-0.05, 0) is 30.3 Å². The monoisotopic (exact) mass is 338 g/mol. The molecule has 24 heavy (non-hydrogen) atoms. The van der Waals surface area contributed by atoms with E-state index in [1.807, 2.05) is 29.0 Å². The van der Waals surface area contributed by atoms with E-state index in [0.29, 0.717) is 10.7 Å². The standard InChI is InChI=1S/C17H14N4O2S/c22-24(23,14-4-2-1-3-5-14)11-17-19-15-7-6-13(10-16(15)20-17)21-9-8-18-12-21/h1-10,12H,11H2,(H,19,20). The maximum atomic E-state index is 12.5. The Morgan fingerprint density at radius 3 is 2.67 bits per heavy atom. The molecule has 0 unspecified atom stereocenters. The van der Waals surface area contributed by atoms with Crippen molar-refractivity contribution in [1.29, 1.82) is 0 Å². The first-order chi connectivity index (χ1) is 11.6. The molecule has 0 saturated heterocycles. The summed E-state index contributed by atoms with van der Waals surface area (Å²) in [5, 5.41) is 0. The molecule has 0 radical (unpaired) electrons. The molecule has 0 saturated carbocycles. The van der Waals surface area contributed by atoms with Crippen LogP contribution in [0.2, 0.25) is 0 Å². The summed E-state index contributed by atoms with van der Waals surface area (Å²) in [6.45, 7) is 0. The number of imidazole rings is 2. The number of aromatic nitrogens is 4. The fraction of sp³-hybridized carbons (Fsp3) is 0.0588. The number of nitrogens with zero attached hydrogens (tertiary/aromatic N) is 3. The van der Waals surface area contributed by atoms with Crippen LogP contribution in [-0.4, -0.2) is 27.9 Å². The summed E-state index contributed by atoms with van der Waals surface area (Å²) in [6.07, 6.45) is 5.26. The van der Waals surface area contributed by atoms with Crippen molar-refractivity contribution < 1.29 is 8.42 Å². The second kappa shape index (κ2) is 5.61. The number of aromatic amines is 1. The first kappa shape index (κ1) is 14.6. The number of hydrogen-bond donors (Lipinski definition) is 1. The lowest BCUT2D eigenvalue weighted by Crippen LogP contribution is -2.05. The van der Waals surface area contributed by atoms with Gasteiger partial charge in [-0.2, -0.15) is 0 Å². The second-order valence-corrected chi connectivity index (χ2v) is 7.42. The van der Waals surface area contributed by atoms with E-state index in [1.54, 1.807) is 42.9 Å². The van der Waals surface area contributed by atoms with Crippen LogP contribution in [0.3, 0.4) is 0 Å². The Balaban J connectivity index is 1.68. The molecule has 2 aromatic heterocycles. The third-order valence-corrected chi connectivity index (χ3v) is 5.39. The number of sulfone groups is 1. The zero-order chi connectivity index (χ0) is 16.6. The van der Waals surface area contributed by atoms with Crippen molar-refractivity contribution in [2.24, 2.45) is 0 Å². The van der Waals surface area contributed by atoms with Gasteiger partial charge in [0.25, 0.3) is 0 Å².